The summed E-state index contributed by atoms with van der Waals surface area (Å²) in [6.07, 6.45) is 0. The summed E-state index contributed by atoms with van der Waals surface area (Å²) in [4.78, 5) is 14.7. The summed E-state index contributed by atoms with van der Waals surface area (Å²) in [6, 6.07) is 5.11. The molecule has 0 amide bonds. The minimum absolute atomic E-state index is 0.116. The minimum atomic E-state index is -0.380. The molecule has 0 spiro atoms. The van der Waals surface area contributed by atoms with Crippen molar-refractivity contribution in [3.8, 4) is 10.6 Å². The number of aryl methyl sites for hydroxylation is 1. The van der Waals surface area contributed by atoms with Gasteiger partial charge in [0.15, 0.2) is 0 Å². The molecule has 1 aromatic heterocycles. The summed E-state index contributed by atoms with van der Waals surface area (Å²) in [5.41, 5.74) is 2.30. The molecule has 0 N–H and O–H groups in total. The van der Waals surface area contributed by atoms with Crippen LogP contribution in [0, 0.1) is 17.0 Å². The standard InChI is InChI=1S/C11H9ClN2O2S/c1-7-2-3-8(4-10(7)14(15)16)11-13-9(5-12)6-17-11/h2-4,6H,5H2,1H3. The molecule has 0 fully saturated rings. The van der Waals surface area contributed by atoms with Gasteiger partial charge in [0.25, 0.3) is 5.69 Å². The highest BCUT2D eigenvalue weighted by molar-refractivity contribution is 7.13. The third-order valence-electron chi connectivity index (χ3n) is 2.34. The third kappa shape index (κ3) is 2.45. The number of hydrogen-bond acceptors (Lipinski definition) is 4. The van der Waals surface area contributed by atoms with Crippen LogP contribution in [0.25, 0.3) is 10.6 Å². The summed E-state index contributed by atoms with van der Waals surface area (Å²) in [5, 5.41) is 13.4. The maximum Gasteiger partial charge on any atom is 0.273 e. The van der Waals surface area contributed by atoms with E-state index in [0.717, 1.165) is 16.3 Å². The zero-order chi connectivity index (χ0) is 12.4. The average molecular weight is 269 g/mol. The van der Waals surface area contributed by atoms with Crippen molar-refractivity contribution in [2.45, 2.75) is 12.8 Å². The largest absolute Gasteiger partial charge is 0.273 e. The molecule has 0 atom stereocenters. The maximum atomic E-state index is 10.8. The highest BCUT2D eigenvalue weighted by atomic mass is 35.5. The SMILES string of the molecule is Cc1ccc(-c2nc(CCl)cs2)cc1[N+](=O)[O-]. The second-order valence-corrected chi connectivity index (χ2v) is 4.66. The summed E-state index contributed by atoms with van der Waals surface area (Å²) in [7, 11) is 0. The molecule has 0 radical (unpaired) electrons. The molecule has 4 nitrogen and oxygen atoms in total. The number of nitrogens with zero attached hydrogens (tertiary/aromatic N) is 2. The number of rotatable bonds is 3. The van der Waals surface area contributed by atoms with Crippen LogP contribution in [0.4, 0.5) is 5.69 Å². The van der Waals surface area contributed by atoms with Crippen LogP contribution in [0.2, 0.25) is 0 Å². The van der Waals surface area contributed by atoms with E-state index in [1.165, 1.54) is 11.3 Å². The molecule has 1 aromatic carbocycles. The van der Waals surface area contributed by atoms with E-state index in [0.29, 0.717) is 11.4 Å². The van der Waals surface area contributed by atoms with Crippen LogP contribution in [0.1, 0.15) is 11.3 Å². The normalized spacial score (nSPS) is 10.5. The van der Waals surface area contributed by atoms with Crippen molar-refractivity contribution in [1.29, 1.82) is 0 Å². The fourth-order valence-electron chi connectivity index (χ4n) is 1.44. The molecular weight excluding hydrogens is 260 g/mol. The molecule has 88 valence electrons. The van der Waals surface area contributed by atoms with Crippen LogP contribution in [0.15, 0.2) is 23.6 Å². The van der Waals surface area contributed by atoms with Crippen molar-refractivity contribution < 1.29 is 4.92 Å². The predicted octanol–water partition coefficient (Wildman–Crippen LogP) is 3.77. The monoisotopic (exact) mass is 268 g/mol. The average Bonchev–Trinajstić information content (AvgIpc) is 2.78. The predicted molar refractivity (Wildman–Crippen MR) is 68.5 cm³/mol. The Morgan fingerprint density at radius 3 is 2.88 bits per heavy atom. The Morgan fingerprint density at radius 1 is 1.53 bits per heavy atom. The van der Waals surface area contributed by atoms with Crippen LogP contribution in [-0.2, 0) is 5.88 Å². The van der Waals surface area contributed by atoms with Gasteiger partial charge in [-0.2, -0.15) is 0 Å². The zero-order valence-electron chi connectivity index (χ0n) is 9.01. The Balaban J connectivity index is 2.46. The van der Waals surface area contributed by atoms with Gasteiger partial charge in [-0.15, -0.1) is 22.9 Å². The smallest absolute Gasteiger partial charge is 0.258 e. The second-order valence-electron chi connectivity index (χ2n) is 3.54. The molecule has 0 saturated heterocycles. The molecular formula is C11H9ClN2O2S. The lowest BCUT2D eigenvalue weighted by Gasteiger charge is -1.99. The highest BCUT2D eigenvalue weighted by Gasteiger charge is 2.13. The maximum absolute atomic E-state index is 10.8. The summed E-state index contributed by atoms with van der Waals surface area (Å²) in [6.45, 7) is 1.72. The van der Waals surface area contributed by atoms with Crippen molar-refractivity contribution in [2.75, 3.05) is 0 Å². The van der Waals surface area contributed by atoms with E-state index < -0.39 is 0 Å². The number of hydrogen-bond donors (Lipinski definition) is 0. The Morgan fingerprint density at radius 2 is 2.29 bits per heavy atom. The highest BCUT2D eigenvalue weighted by Crippen LogP contribution is 2.29. The van der Waals surface area contributed by atoms with Crippen LogP contribution >= 0.6 is 22.9 Å². The number of alkyl halides is 1. The first kappa shape index (κ1) is 12.0. The van der Waals surface area contributed by atoms with Gasteiger partial charge in [-0.05, 0) is 6.92 Å². The van der Waals surface area contributed by atoms with Crippen molar-refractivity contribution in [3.63, 3.8) is 0 Å². The van der Waals surface area contributed by atoms with Crippen LogP contribution in [0.5, 0.6) is 0 Å². The van der Waals surface area contributed by atoms with Gasteiger partial charge < -0.3 is 0 Å². The number of thiazole rings is 1. The number of nitro benzene ring substituents is 1. The van der Waals surface area contributed by atoms with E-state index in [9.17, 15) is 10.1 Å². The molecule has 6 heteroatoms. The first-order chi connectivity index (χ1) is 8.11. The summed E-state index contributed by atoms with van der Waals surface area (Å²) < 4.78 is 0. The van der Waals surface area contributed by atoms with Gasteiger partial charge >= 0.3 is 0 Å². The first-order valence-electron chi connectivity index (χ1n) is 4.87. The minimum Gasteiger partial charge on any atom is -0.258 e. The second kappa shape index (κ2) is 4.81. The number of nitro groups is 1. The molecule has 0 saturated carbocycles. The molecule has 2 rings (SSSR count). The van der Waals surface area contributed by atoms with Crippen LogP contribution in [0.3, 0.4) is 0 Å². The first-order valence-corrected chi connectivity index (χ1v) is 6.29. The lowest BCUT2D eigenvalue weighted by atomic mass is 10.1. The molecule has 0 unspecified atom stereocenters. The van der Waals surface area contributed by atoms with Crippen molar-refractivity contribution >= 4 is 28.6 Å². The number of halogens is 1. The molecule has 2 aromatic rings. The van der Waals surface area contributed by atoms with Crippen LogP contribution < -0.4 is 0 Å². The van der Waals surface area contributed by atoms with E-state index in [2.05, 4.69) is 4.98 Å². The third-order valence-corrected chi connectivity index (χ3v) is 3.56. The van der Waals surface area contributed by atoms with Gasteiger partial charge in [0.2, 0.25) is 0 Å². The summed E-state index contributed by atoms with van der Waals surface area (Å²) in [5.74, 6) is 0.352. The Labute approximate surface area is 107 Å². The quantitative estimate of drug-likeness (QED) is 0.484. The lowest BCUT2D eigenvalue weighted by Crippen LogP contribution is -1.92. The van der Waals surface area contributed by atoms with E-state index >= 15 is 0 Å². The van der Waals surface area contributed by atoms with Crippen molar-refractivity contribution in [1.82, 2.24) is 4.98 Å². The van der Waals surface area contributed by atoms with Gasteiger partial charge in [0.05, 0.1) is 16.5 Å². The van der Waals surface area contributed by atoms with Gasteiger partial charge in [-0.3, -0.25) is 10.1 Å². The van der Waals surface area contributed by atoms with E-state index in [1.807, 2.05) is 11.4 Å². The van der Waals surface area contributed by atoms with Crippen molar-refractivity contribution in [2.24, 2.45) is 0 Å². The van der Waals surface area contributed by atoms with Crippen molar-refractivity contribution in [3.05, 3.63) is 45.0 Å². The van der Waals surface area contributed by atoms with Gasteiger partial charge in [0.1, 0.15) is 5.01 Å². The summed E-state index contributed by atoms with van der Waals surface area (Å²) >= 11 is 7.11. The molecule has 0 aliphatic carbocycles. The fraction of sp³-hybridized carbons (Fsp3) is 0.182. The van der Waals surface area contributed by atoms with Crippen LogP contribution in [-0.4, -0.2) is 9.91 Å². The van der Waals surface area contributed by atoms with Gasteiger partial charge in [0, 0.05) is 22.6 Å². The Hall–Kier alpha value is -1.46. The Kier molecular flexibility index (Phi) is 3.40. The Bertz CT molecular complexity index is 568. The zero-order valence-corrected chi connectivity index (χ0v) is 10.6. The molecule has 0 aliphatic heterocycles. The molecule has 17 heavy (non-hydrogen) atoms. The topological polar surface area (TPSA) is 56.0 Å². The molecule has 1 heterocycles. The van der Waals surface area contributed by atoms with E-state index in [4.69, 9.17) is 11.6 Å². The van der Waals surface area contributed by atoms with Gasteiger partial charge in [-0.25, -0.2) is 4.98 Å². The molecule has 0 bridgehead atoms. The number of aromatic nitrogens is 1. The lowest BCUT2D eigenvalue weighted by molar-refractivity contribution is -0.385. The number of benzene rings is 1. The van der Waals surface area contributed by atoms with E-state index in [1.54, 1.807) is 19.1 Å². The fourth-order valence-corrected chi connectivity index (χ4v) is 2.49. The van der Waals surface area contributed by atoms with Gasteiger partial charge in [-0.1, -0.05) is 12.1 Å². The van der Waals surface area contributed by atoms with E-state index in [-0.39, 0.29) is 10.6 Å². The molecule has 0 aliphatic rings.